The van der Waals surface area contributed by atoms with Gasteiger partial charge in [-0.1, -0.05) is 44.4 Å². The minimum absolute atomic E-state index is 0. The molecule has 0 N–H and O–H groups in total. The molecule has 158 valence electrons. The van der Waals surface area contributed by atoms with E-state index < -0.39 is 0 Å². The number of halogens is 1. The van der Waals surface area contributed by atoms with Crippen molar-refractivity contribution in [1.29, 1.82) is 0 Å². The number of hydrogen-bond acceptors (Lipinski definition) is 2. The molecule has 3 heterocycles. The highest BCUT2D eigenvalue weighted by Crippen LogP contribution is 2.42. The van der Waals surface area contributed by atoms with Crippen LogP contribution in [0.15, 0.2) is 24.4 Å². The fourth-order valence-electron chi connectivity index (χ4n) is 5.88. The largest absolute Gasteiger partial charge is 0.343 e. The molecule has 3 aliphatic rings. The summed E-state index contributed by atoms with van der Waals surface area (Å²) in [5.74, 6) is 1.02. The number of amides is 1. The highest BCUT2D eigenvalue weighted by Gasteiger charge is 2.32. The quantitative estimate of drug-likeness (QED) is 0.712. The second-order valence-electron chi connectivity index (χ2n) is 8.99. The van der Waals surface area contributed by atoms with E-state index in [-0.39, 0.29) is 18.3 Å². The molecule has 1 amide bonds. The summed E-state index contributed by atoms with van der Waals surface area (Å²) in [4.78, 5) is 18.0. The highest BCUT2D eigenvalue weighted by atomic mass is 35.5. The Bertz CT molecular complexity index is 862. The van der Waals surface area contributed by atoms with Crippen LogP contribution in [0.2, 0.25) is 0 Å². The standard InChI is InChI=1S/C24H33N3O.ClH/c1-2-25-13-15-26(16-14-25)24(28)21-17-27-22(18-7-4-3-5-8-18)12-11-19-9-6-10-20(21)23(19)27;/h6,9-10,17-18,22H,2-5,7-8,11-16H2,1H3;1H. The predicted octanol–water partition coefficient (Wildman–Crippen LogP) is 4.91. The number of aromatic nitrogens is 1. The molecule has 1 aromatic heterocycles. The molecular formula is C24H34ClN3O. The number of nitrogens with zero attached hydrogens (tertiary/aromatic N) is 3. The smallest absolute Gasteiger partial charge is 0.256 e. The van der Waals surface area contributed by atoms with Crippen LogP contribution in [0.25, 0.3) is 10.9 Å². The van der Waals surface area contributed by atoms with Gasteiger partial charge in [-0.05, 0) is 43.7 Å². The van der Waals surface area contributed by atoms with Crippen LogP contribution in [0, 0.1) is 5.92 Å². The Morgan fingerprint density at radius 1 is 1.03 bits per heavy atom. The fourth-order valence-corrected chi connectivity index (χ4v) is 5.88. The van der Waals surface area contributed by atoms with Gasteiger partial charge in [-0.25, -0.2) is 0 Å². The lowest BCUT2D eigenvalue weighted by Crippen LogP contribution is -2.48. The molecule has 5 rings (SSSR count). The van der Waals surface area contributed by atoms with Crippen molar-refractivity contribution in [3.63, 3.8) is 0 Å². The molecule has 0 radical (unpaired) electrons. The summed E-state index contributed by atoms with van der Waals surface area (Å²) in [6.07, 6.45) is 11.5. The Hall–Kier alpha value is -1.52. The van der Waals surface area contributed by atoms with Crippen LogP contribution in [0.4, 0.5) is 0 Å². The summed E-state index contributed by atoms with van der Waals surface area (Å²) in [5, 5.41) is 1.18. The SMILES string of the molecule is CCN1CCN(C(=O)c2cn3c4c(cccc24)CCC3C2CCCCC2)CC1.Cl. The van der Waals surface area contributed by atoms with E-state index >= 15 is 0 Å². The third-order valence-electron chi connectivity index (χ3n) is 7.53. The van der Waals surface area contributed by atoms with Gasteiger partial charge in [0.2, 0.25) is 0 Å². The first-order valence-corrected chi connectivity index (χ1v) is 11.4. The Balaban J connectivity index is 0.00000205. The molecule has 2 aliphatic heterocycles. The molecule has 29 heavy (non-hydrogen) atoms. The second-order valence-corrected chi connectivity index (χ2v) is 8.99. The van der Waals surface area contributed by atoms with Gasteiger partial charge in [0, 0.05) is 43.8 Å². The zero-order valence-electron chi connectivity index (χ0n) is 17.6. The van der Waals surface area contributed by atoms with Crippen LogP contribution in [-0.2, 0) is 6.42 Å². The van der Waals surface area contributed by atoms with Crippen molar-refractivity contribution in [3.8, 4) is 0 Å². The minimum Gasteiger partial charge on any atom is -0.343 e. The molecular weight excluding hydrogens is 382 g/mol. The van der Waals surface area contributed by atoms with E-state index in [2.05, 4.69) is 45.7 Å². The summed E-state index contributed by atoms with van der Waals surface area (Å²) in [6.45, 7) is 6.98. The van der Waals surface area contributed by atoms with Crippen LogP contribution in [0.1, 0.15) is 67.4 Å². The van der Waals surface area contributed by atoms with Crippen molar-refractivity contribution in [3.05, 3.63) is 35.5 Å². The molecule has 2 aromatic rings. The highest BCUT2D eigenvalue weighted by molar-refractivity contribution is 6.08. The Labute approximate surface area is 180 Å². The van der Waals surface area contributed by atoms with E-state index in [4.69, 9.17) is 0 Å². The lowest BCUT2D eigenvalue weighted by atomic mass is 9.80. The van der Waals surface area contributed by atoms with Gasteiger partial charge in [-0.15, -0.1) is 12.4 Å². The van der Waals surface area contributed by atoms with E-state index in [0.29, 0.717) is 6.04 Å². The van der Waals surface area contributed by atoms with Gasteiger partial charge in [-0.3, -0.25) is 4.79 Å². The maximum atomic E-state index is 13.4. The molecule has 1 aromatic carbocycles. The van der Waals surface area contributed by atoms with Gasteiger partial charge in [0.15, 0.2) is 0 Å². The number of likely N-dealkylation sites (N-methyl/N-ethyl adjacent to an activating group) is 1. The number of rotatable bonds is 3. The summed E-state index contributed by atoms with van der Waals surface area (Å²) >= 11 is 0. The van der Waals surface area contributed by atoms with Crippen LogP contribution < -0.4 is 0 Å². The summed E-state index contributed by atoms with van der Waals surface area (Å²) in [5.41, 5.74) is 3.71. The number of carbonyl (C=O) groups is 1. The number of benzene rings is 1. The number of carbonyl (C=O) groups excluding carboxylic acids is 1. The summed E-state index contributed by atoms with van der Waals surface area (Å²) < 4.78 is 2.51. The third kappa shape index (κ3) is 3.70. The number of aryl methyl sites for hydroxylation is 1. The third-order valence-corrected chi connectivity index (χ3v) is 7.53. The molecule has 2 fully saturated rings. The monoisotopic (exact) mass is 415 g/mol. The zero-order valence-corrected chi connectivity index (χ0v) is 18.4. The fraction of sp³-hybridized carbons (Fsp3) is 0.625. The van der Waals surface area contributed by atoms with Crippen LogP contribution in [-0.4, -0.2) is 53.0 Å². The van der Waals surface area contributed by atoms with Crippen molar-refractivity contribution in [1.82, 2.24) is 14.4 Å². The first-order valence-electron chi connectivity index (χ1n) is 11.4. The van der Waals surface area contributed by atoms with E-state index in [0.717, 1.165) is 50.6 Å². The van der Waals surface area contributed by atoms with E-state index in [9.17, 15) is 4.79 Å². The second kappa shape index (κ2) is 8.69. The van der Waals surface area contributed by atoms with Crippen molar-refractivity contribution in [2.75, 3.05) is 32.7 Å². The molecule has 4 nitrogen and oxygen atoms in total. The van der Waals surface area contributed by atoms with Gasteiger partial charge in [0.1, 0.15) is 0 Å². The van der Waals surface area contributed by atoms with Gasteiger partial charge in [-0.2, -0.15) is 0 Å². The Morgan fingerprint density at radius 2 is 1.79 bits per heavy atom. The molecule has 1 aliphatic carbocycles. The molecule has 1 atom stereocenters. The number of piperazine rings is 1. The zero-order chi connectivity index (χ0) is 19.1. The van der Waals surface area contributed by atoms with Gasteiger partial charge < -0.3 is 14.4 Å². The molecule has 5 heteroatoms. The van der Waals surface area contributed by atoms with E-state index in [1.165, 1.54) is 55.0 Å². The lowest BCUT2D eigenvalue weighted by molar-refractivity contribution is 0.0645. The normalized spacial score (nSPS) is 23.2. The first-order chi connectivity index (χ1) is 13.8. The summed E-state index contributed by atoms with van der Waals surface area (Å²) in [6, 6.07) is 7.17. The predicted molar refractivity (Wildman–Crippen MR) is 121 cm³/mol. The van der Waals surface area contributed by atoms with Crippen molar-refractivity contribution >= 4 is 29.2 Å². The van der Waals surface area contributed by atoms with E-state index in [1.54, 1.807) is 0 Å². The maximum absolute atomic E-state index is 13.4. The van der Waals surface area contributed by atoms with Gasteiger partial charge >= 0.3 is 0 Å². The number of para-hydroxylation sites is 1. The maximum Gasteiger partial charge on any atom is 0.256 e. The van der Waals surface area contributed by atoms with Crippen LogP contribution >= 0.6 is 12.4 Å². The average molecular weight is 416 g/mol. The average Bonchev–Trinajstić information content (AvgIpc) is 3.15. The van der Waals surface area contributed by atoms with Gasteiger partial charge in [0.25, 0.3) is 5.91 Å². The minimum atomic E-state index is 0. The lowest BCUT2D eigenvalue weighted by Gasteiger charge is -2.35. The van der Waals surface area contributed by atoms with Crippen molar-refractivity contribution in [2.45, 2.75) is 57.9 Å². The van der Waals surface area contributed by atoms with Crippen molar-refractivity contribution in [2.24, 2.45) is 5.92 Å². The first kappa shape index (κ1) is 20.7. The van der Waals surface area contributed by atoms with E-state index in [1.807, 2.05) is 0 Å². The van der Waals surface area contributed by atoms with Crippen molar-refractivity contribution < 1.29 is 4.79 Å². The van der Waals surface area contributed by atoms with Crippen LogP contribution in [0.5, 0.6) is 0 Å². The Kier molecular flexibility index (Phi) is 6.21. The Morgan fingerprint density at radius 3 is 2.52 bits per heavy atom. The molecule has 1 saturated heterocycles. The molecule has 1 saturated carbocycles. The topological polar surface area (TPSA) is 28.5 Å². The summed E-state index contributed by atoms with van der Waals surface area (Å²) in [7, 11) is 0. The van der Waals surface area contributed by atoms with Gasteiger partial charge in [0.05, 0.1) is 11.1 Å². The van der Waals surface area contributed by atoms with Crippen LogP contribution in [0.3, 0.4) is 0 Å². The molecule has 0 spiro atoms. The molecule has 0 bridgehead atoms. The number of hydrogen-bond donors (Lipinski definition) is 0. The molecule has 1 unspecified atom stereocenters.